The summed E-state index contributed by atoms with van der Waals surface area (Å²) in [6.45, 7) is 0. The lowest BCUT2D eigenvalue weighted by atomic mass is 10.1. The number of carbonyl (C=O) groups is 1. The molecule has 0 fully saturated rings. The lowest BCUT2D eigenvalue weighted by molar-refractivity contribution is -0.137. The summed E-state index contributed by atoms with van der Waals surface area (Å²) in [6.07, 6.45) is -0.0246. The highest BCUT2D eigenvalue weighted by atomic mass is 79.9. The van der Waals surface area contributed by atoms with Crippen LogP contribution >= 0.6 is 27.3 Å². The Kier molecular flexibility index (Phi) is 3.25. The standard InChI is InChI=1S/C7H8BrNO2S/c8-6-1-4(3-12-6)5(9)2-7(10)11/h1,3,5H,2,9H2,(H,10,11)/t5-/m0/s1. The largest absolute Gasteiger partial charge is 0.481 e. The molecule has 0 aliphatic carbocycles. The second-order valence-electron chi connectivity index (χ2n) is 2.39. The van der Waals surface area contributed by atoms with Crippen molar-refractivity contribution in [2.45, 2.75) is 12.5 Å². The third-order valence-corrected chi connectivity index (χ3v) is 2.93. The Balaban J connectivity index is 2.64. The van der Waals surface area contributed by atoms with Crippen LogP contribution in [0.15, 0.2) is 15.2 Å². The molecule has 1 atom stereocenters. The third kappa shape index (κ3) is 2.58. The van der Waals surface area contributed by atoms with E-state index in [1.54, 1.807) is 0 Å². The molecule has 66 valence electrons. The van der Waals surface area contributed by atoms with E-state index in [1.807, 2.05) is 11.4 Å². The molecule has 0 aliphatic rings. The molecule has 3 N–H and O–H groups in total. The van der Waals surface area contributed by atoms with Crippen LogP contribution in [0.2, 0.25) is 0 Å². The van der Waals surface area contributed by atoms with Gasteiger partial charge in [-0.25, -0.2) is 0 Å². The monoisotopic (exact) mass is 249 g/mol. The zero-order valence-electron chi connectivity index (χ0n) is 6.16. The molecule has 0 spiro atoms. The van der Waals surface area contributed by atoms with Gasteiger partial charge in [0.05, 0.1) is 10.2 Å². The molecular formula is C7H8BrNO2S. The van der Waals surface area contributed by atoms with Crippen LogP contribution in [0, 0.1) is 0 Å². The van der Waals surface area contributed by atoms with Crippen LogP contribution in [-0.2, 0) is 4.79 Å². The van der Waals surface area contributed by atoms with Crippen molar-refractivity contribution in [3.8, 4) is 0 Å². The predicted octanol–water partition coefficient (Wildman–Crippen LogP) is 1.99. The highest BCUT2D eigenvalue weighted by molar-refractivity contribution is 9.11. The molecule has 0 saturated heterocycles. The minimum atomic E-state index is -0.871. The van der Waals surface area contributed by atoms with Gasteiger partial charge in [-0.05, 0) is 32.9 Å². The van der Waals surface area contributed by atoms with Crippen LogP contribution in [0.5, 0.6) is 0 Å². The fraction of sp³-hybridized carbons (Fsp3) is 0.286. The highest BCUT2D eigenvalue weighted by Crippen LogP contribution is 2.25. The Morgan fingerprint density at radius 1 is 1.83 bits per heavy atom. The summed E-state index contributed by atoms with van der Waals surface area (Å²) in [7, 11) is 0. The van der Waals surface area contributed by atoms with Crippen molar-refractivity contribution in [3.05, 3.63) is 20.8 Å². The lowest BCUT2D eigenvalue weighted by Crippen LogP contribution is -2.13. The zero-order chi connectivity index (χ0) is 9.14. The van der Waals surface area contributed by atoms with Gasteiger partial charge in [-0.1, -0.05) is 0 Å². The summed E-state index contributed by atoms with van der Waals surface area (Å²) >= 11 is 4.79. The number of thiophene rings is 1. The van der Waals surface area contributed by atoms with Crippen LogP contribution in [0.1, 0.15) is 18.0 Å². The van der Waals surface area contributed by atoms with E-state index in [0.29, 0.717) is 0 Å². The molecule has 0 radical (unpaired) electrons. The van der Waals surface area contributed by atoms with Crippen molar-refractivity contribution >= 4 is 33.2 Å². The van der Waals surface area contributed by atoms with E-state index in [-0.39, 0.29) is 6.42 Å². The van der Waals surface area contributed by atoms with Gasteiger partial charge in [0.25, 0.3) is 0 Å². The second-order valence-corrected chi connectivity index (χ2v) is 4.68. The predicted molar refractivity (Wildman–Crippen MR) is 51.2 cm³/mol. The SMILES string of the molecule is N[C@@H](CC(=O)O)c1csc(Br)c1. The molecule has 0 unspecified atom stereocenters. The first-order valence-corrected chi connectivity index (χ1v) is 4.98. The fourth-order valence-electron chi connectivity index (χ4n) is 0.824. The summed E-state index contributed by atoms with van der Waals surface area (Å²) in [5.41, 5.74) is 6.48. The van der Waals surface area contributed by atoms with Crippen molar-refractivity contribution in [1.82, 2.24) is 0 Å². The van der Waals surface area contributed by atoms with E-state index in [9.17, 15) is 4.79 Å². The second kappa shape index (κ2) is 4.02. The van der Waals surface area contributed by atoms with Crippen LogP contribution in [-0.4, -0.2) is 11.1 Å². The van der Waals surface area contributed by atoms with Gasteiger partial charge in [-0.15, -0.1) is 11.3 Å². The zero-order valence-corrected chi connectivity index (χ0v) is 8.56. The van der Waals surface area contributed by atoms with Crippen molar-refractivity contribution < 1.29 is 9.90 Å². The van der Waals surface area contributed by atoms with Gasteiger partial charge >= 0.3 is 5.97 Å². The first-order chi connectivity index (χ1) is 5.59. The van der Waals surface area contributed by atoms with Crippen LogP contribution in [0.3, 0.4) is 0 Å². The lowest BCUT2D eigenvalue weighted by Gasteiger charge is -2.04. The molecule has 0 aromatic carbocycles. The van der Waals surface area contributed by atoms with E-state index in [0.717, 1.165) is 9.35 Å². The maximum Gasteiger partial charge on any atom is 0.305 e. The van der Waals surface area contributed by atoms with E-state index >= 15 is 0 Å². The third-order valence-electron chi connectivity index (χ3n) is 1.41. The number of rotatable bonds is 3. The smallest absolute Gasteiger partial charge is 0.305 e. The van der Waals surface area contributed by atoms with E-state index in [2.05, 4.69) is 15.9 Å². The molecule has 1 aromatic heterocycles. The normalized spacial score (nSPS) is 12.8. The van der Waals surface area contributed by atoms with Gasteiger partial charge < -0.3 is 10.8 Å². The Bertz CT molecular complexity index is 287. The molecule has 3 nitrogen and oxygen atoms in total. The van der Waals surface area contributed by atoms with Crippen LogP contribution in [0.4, 0.5) is 0 Å². The average Bonchev–Trinajstić information content (AvgIpc) is 2.34. The number of carboxylic acid groups (broad SMARTS) is 1. The quantitative estimate of drug-likeness (QED) is 0.862. The minimum absolute atomic E-state index is 0.0246. The Morgan fingerprint density at radius 2 is 2.50 bits per heavy atom. The molecule has 0 amide bonds. The van der Waals surface area contributed by atoms with Crippen LogP contribution in [0.25, 0.3) is 0 Å². The van der Waals surface area contributed by atoms with Gasteiger partial charge in [-0.2, -0.15) is 0 Å². The summed E-state index contributed by atoms with van der Waals surface area (Å²) in [5.74, 6) is -0.871. The molecule has 5 heteroatoms. The van der Waals surface area contributed by atoms with E-state index in [4.69, 9.17) is 10.8 Å². The first kappa shape index (κ1) is 9.70. The van der Waals surface area contributed by atoms with Gasteiger partial charge in [-0.3, -0.25) is 4.79 Å². The van der Waals surface area contributed by atoms with Gasteiger partial charge in [0.1, 0.15) is 0 Å². The number of aliphatic carboxylic acids is 1. The van der Waals surface area contributed by atoms with Crippen LogP contribution < -0.4 is 5.73 Å². The Morgan fingerprint density at radius 3 is 2.92 bits per heavy atom. The summed E-state index contributed by atoms with van der Waals surface area (Å²) in [4.78, 5) is 10.3. The molecular weight excluding hydrogens is 242 g/mol. The molecule has 1 aromatic rings. The number of hydrogen-bond acceptors (Lipinski definition) is 3. The van der Waals surface area contributed by atoms with Crippen molar-refractivity contribution in [1.29, 1.82) is 0 Å². The molecule has 12 heavy (non-hydrogen) atoms. The summed E-state index contributed by atoms with van der Waals surface area (Å²) in [5, 5.41) is 10.3. The number of hydrogen-bond donors (Lipinski definition) is 2. The average molecular weight is 250 g/mol. The Hall–Kier alpha value is -0.390. The van der Waals surface area contributed by atoms with E-state index < -0.39 is 12.0 Å². The van der Waals surface area contributed by atoms with E-state index in [1.165, 1.54) is 11.3 Å². The first-order valence-electron chi connectivity index (χ1n) is 3.31. The Labute approximate surface area is 82.3 Å². The number of halogens is 1. The molecule has 1 heterocycles. The van der Waals surface area contributed by atoms with Gasteiger partial charge in [0.2, 0.25) is 0 Å². The van der Waals surface area contributed by atoms with Gasteiger partial charge in [0.15, 0.2) is 0 Å². The number of carboxylic acids is 1. The summed E-state index contributed by atoms with van der Waals surface area (Å²) < 4.78 is 0.971. The molecule has 0 saturated carbocycles. The van der Waals surface area contributed by atoms with Crippen molar-refractivity contribution in [2.24, 2.45) is 5.73 Å². The topological polar surface area (TPSA) is 63.3 Å². The fourth-order valence-corrected chi connectivity index (χ4v) is 2.06. The molecule has 1 rings (SSSR count). The minimum Gasteiger partial charge on any atom is -0.481 e. The summed E-state index contributed by atoms with van der Waals surface area (Å²) in [6, 6.07) is 1.45. The maximum atomic E-state index is 10.3. The van der Waals surface area contributed by atoms with Crippen molar-refractivity contribution in [3.63, 3.8) is 0 Å². The molecule has 0 aliphatic heterocycles. The maximum absolute atomic E-state index is 10.3. The molecule has 0 bridgehead atoms. The number of nitrogens with two attached hydrogens (primary N) is 1. The van der Waals surface area contributed by atoms with Crippen molar-refractivity contribution in [2.75, 3.05) is 0 Å². The highest BCUT2D eigenvalue weighted by Gasteiger charge is 2.11. The van der Waals surface area contributed by atoms with Gasteiger partial charge in [0, 0.05) is 6.04 Å².